The maximum absolute atomic E-state index is 12.7. The van der Waals surface area contributed by atoms with E-state index in [0.29, 0.717) is 62.1 Å². The van der Waals surface area contributed by atoms with Crippen LogP contribution in [0.15, 0.2) is 36.5 Å². The molecule has 0 aliphatic carbocycles. The molecule has 1 fully saturated rings. The Bertz CT molecular complexity index is 1040. The van der Waals surface area contributed by atoms with E-state index in [1.165, 1.54) is 13.0 Å². The molecule has 34 heavy (non-hydrogen) atoms. The monoisotopic (exact) mass is 479 g/mol. The highest BCUT2D eigenvalue weighted by molar-refractivity contribution is 5.95. The van der Waals surface area contributed by atoms with Crippen molar-refractivity contribution in [1.29, 1.82) is 0 Å². The third kappa shape index (κ3) is 5.52. The number of fused-ring (bicyclic) bond motifs is 1. The number of rotatable bonds is 5. The highest BCUT2D eigenvalue weighted by atomic mass is 19.4. The molecule has 0 bridgehead atoms. The molecule has 1 aromatic carbocycles. The number of carbonyl (C=O) groups excluding carboxylic acids is 2. The minimum absolute atomic E-state index is 0.407. The van der Waals surface area contributed by atoms with Crippen molar-refractivity contribution in [1.82, 2.24) is 4.98 Å². The Hall–Kier alpha value is -3.50. The molecule has 2 aliphatic rings. The van der Waals surface area contributed by atoms with Crippen molar-refractivity contribution in [3.63, 3.8) is 0 Å². The van der Waals surface area contributed by atoms with Gasteiger partial charge in [0.25, 0.3) is 5.91 Å². The molecule has 8 nitrogen and oxygen atoms in total. The number of aromatic nitrogens is 1. The van der Waals surface area contributed by atoms with Gasteiger partial charge in [-0.1, -0.05) is 0 Å². The molecule has 1 aromatic heterocycles. The molecule has 11 heteroatoms. The van der Waals surface area contributed by atoms with Crippen molar-refractivity contribution in [3.8, 4) is 11.5 Å². The summed E-state index contributed by atoms with van der Waals surface area (Å²) in [5, 5.41) is 2.70. The van der Waals surface area contributed by atoms with Crippen molar-refractivity contribution < 1.29 is 37.0 Å². The first kappa shape index (κ1) is 23.7. The van der Waals surface area contributed by atoms with Crippen LogP contribution >= 0.6 is 0 Å². The Labute approximate surface area is 194 Å². The van der Waals surface area contributed by atoms with Crippen molar-refractivity contribution in [2.75, 3.05) is 36.5 Å². The minimum atomic E-state index is -4.44. The van der Waals surface area contributed by atoms with E-state index in [9.17, 15) is 22.8 Å². The fourth-order valence-electron chi connectivity index (χ4n) is 3.77. The summed E-state index contributed by atoms with van der Waals surface area (Å²) < 4.78 is 54.4. The molecule has 1 atom stereocenters. The second-order valence-corrected chi connectivity index (χ2v) is 8.09. The SMILES string of the molecule is C[C@@H](OC(=O)C1CCN(c2ccc(C(F)(F)F)cn2)CC1)C(=O)Nc1ccc2c(c1)OCCO2. The average molecular weight is 479 g/mol. The van der Waals surface area contributed by atoms with Gasteiger partial charge in [0.05, 0.1) is 11.5 Å². The predicted molar refractivity (Wildman–Crippen MR) is 116 cm³/mol. The largest absolute Gasteiger partial charge is 0.486 e. The maximum atomic E-state index is 12.7. The molecular formula is C23H24F3N3O5. The Morgan fingerprint density at radius 2 is 1.82 bits per heavy atom. The van der Waals surface area contributed by atoms with Gasteiger partial charge in [0, 0.05) is 31.0 Å². The van der Waals surface area contributed by atoms with Gasteiger partial charge >= 0.3 is 12.1 Å². The Morgan fingerprint density at radius 3 is 2.47 bits per heavy atom. The number of pyridine rings is 1. The quantitative estimate of drug-likeness (QED) is 0.655. The van der Waals surface area contributed by atoms with E-state index in [1.54, 1.807) is 18.2 Å². The number of benzene rings is 1. The molecule has 4 rings (SSSR count). The summed E-state index contributed by atoms with van der Waals surface area (Å²) in [5.41, 5.74) is -0.312. The van der Waals surface area contributed by atoms with Gasteiger partial charge in [-0.15, -0.1) is 0 Å². The first-order chi connectivity index (χ1) is 16.2. The number of nitrogens with one attached hydrogen (secondary N) is 1. The van der Waals surface area contributed by atoms with Gasteiger partial charge in [-0.25, -0.2) is 4.98 Å². The molecule has 1 saturated heterocycles. The Morgan fingerprint density at radius 1 is 1.12 bits per heavy atom. The van der Waals surface area contributed by atoms with Crippen LogP contribution in [0.2, 0.25) is 0 Å². The van der Waals surface area contributed by atoms with E-state index in [1.807, 2.05) is 4.90 Å². The predicted octanol–water partition coefficient (Wildman–Crippen LogP) is 3.66. The molecule has 1 amide bonds. The smallest absolute Gasteiger partial charge is 0.417 e. The lowest BCUT2D eigenvalue weighted by molar-refractivity contribution is -0.158. The van der Waals surface area contributed by atoms with Crippen molar-refractivity contribution in [2.45, 2.75) is 32.0 Å². The molecule has 0 radical (unpaired) electrons. The highest BCUT2D eigenvalue weighted by Crippen LogP contribution is 2.33. The summed E-state index contributed by atoms with van der Waals surface area (Å²) >= 11 is 0. The van der Waals surface area contributed by atoms with Crippen molar-refractivity contribution in [2.24, 2.45) is 5.92 Å². The van der Waals surface area contributed by atoms with Crippen LogP contribution in [0.5, 0.6) is 11.5 Å². The van der Waals surface area contributed by atoms with Gasteiger partial charge in [0.1, 0.15) is 19.0 Å². The van der Waals surface area contributed by atoms with Crippen LogP contribution in [0.4, 0.5) is 24.7 Å². The zero-order valence-electron chi connectivity index (χ0n) is 18.4. The fourth-order valence-corrected chi connectivity index (χ4v) is 3.77. The molecule has 0 saturated carbocycles. The molecule has 0 unspecified atom stereocenters. The summed E-state index contributed by atoms with van der Waals surface area (Å²) in [4.78, 5) is 30.8. The van der Waals surface area contributed by atoms with Crippen molar-refractivity contribution >= 4 is 23.4 Å². The average Bonchev–Trinajstić information content (AvgIpc) is 2.83. The standard InChI is InChI=1S/C23H24F3N3O5/c1-14(21(30)28-17-3-4-18-19(12-17)33-11-10-32-18)34-22(31)15-6-8-29(9-7-15)20-5-2-16(13-27-20)23(24,25)26/h2-5,12-15H,6-11H2,1H3,(H,28,30)/t14-/m1/s1. The second kappa shape index (κ2) is 9.78. The molecule has 3 heterocycles. The lowest BCUT2D eigenvalue weighted by Gasteiger charge is -2.32. The first-order valence-electron chi connectivity index (χ1n) is 10.9. The number of alkyl halides is 3. The summed E-state index contributed by atoms with van der Waals surface area (Å²) in [5.74, 6) is 0.188. The number of esters is 1. The number of piperidine rings is 1. The summed E-state index contributed by atoms with van der Waals surface area (Å²) in [6.45, 7) is 3.26. The summed E-state index contributed by atoms with van der Waals surface area (Å²) in [6, 6.07) is 7.33. The van der Waals surface area contributed by atoms with Crippen LogP contribution in [0.25, 0.3) is 0 Å². The normalized spacial score (nSPS) is 17.1. The van der Waals surface area contributed by atoms with E-state index in [4.69, 9.17) is 14.2 Å². The third-order valence-electron chi connectivity index (χ3n) is 5.70. The zero-order chi connectivity index (χ0) is 24.3. The van der Waals surface area contributed by atoms with Gasteiger partial charge in [0.15, 0.2) is 17.6 Å². The maximum Gasteiger partial charge on any atom is 0.417 e. The number of halogens is 3. The van der Waals surface area contributed by atoms with E-state index in [2.05, 4.69) is 10.3 Å². The first-order valence-corrected chi connectivity index (χ1v) is 10.9. The van der Waals surface area contributed by atoms with Crippen LogP contribution in [0.1, 0.15) is 25.3 Å². The number of anilines is 2. The van der Waals surface area contributed by atoms with Crippen molar-refractivity contribution in [3.05, 3.63) is 42.1 Å². The van der Waals surface area contributed by atoms with E-state index in [0.717, 1.165) is 12.3 Å². The van der Waals surface area contributed by atoms with Gasteiger partial charge in [-0.3, -0.25) is 9.59 Å². The Balaban J connectivity index is 1.26. The Kier molecular flexibility index (Phi) is 6.80. The van der Waals surface area contributed by atoms with Crippen LogP contribution in [0.3, 0.4) is 0 Å². The fraction of sp³-hybridized carbons (Fsp3) is 0.435. The van der Waals surface area contributed by atoms with E-state index >= 15 is 0 Å². The number of ether oxygens (including phenoxy) is 3. The third-order valence-corrected chi connectivity index (χ3v) is 5.70. The number of nitrogens with zero attached hydrogens (tertiary/aromatic N) is 2. The van der Waals surface area contributed by atoms with Crippen LogP contribution in [-0.4, -0.2) is 49.3 Å². The van der Waals surface area contributed by atoms with E-state index < -0.39 is 35.6 Å². The van der Waals surface area contributed by atoms with Gasteiger partial charge in [-0.05, 0) is 44.0 Å². The van der Waals surface area contributed by atoms with Gasteiger partial charge < -0.3 is 24.4 Å². The molecule has 1 N–H and O–H groups in total. The zero-order valence-corrected chi connectivity index (χ0v) is 18.4. The molecule has 0 spiro atoms. The lowest BCUT2D eigenvalue weighted by atomic mass is 9.97. The summed E-state index contributed by atoms with van der Waals surface area (Å²) in [7, 11) is 0. The van der Waals surface area contributed by atoms with Crippen LogP contribution in [-0.2, 0) is 20.5 Å². The number of hydrogen-bond donors (Lipinski definition) is 1. The van der Waals surface area contributed by atoms with Gasteiger partial charge in [-0.2, -0.15) is 13.2 Å². The summed E-state index contributed by atoms with van der Waals surface area (Å²) in [6.07, 6.45) is -3.75. The van der Waals surface area contributed by atoms with Crippen LogP contribution < -0.4 is 19.7 Å². The minimum Gasteiger partial charge on any atom is -0.486 e. The molecule has 182 valence electrons. The number of hydrogen-bond acceptors (Lipinski definition) is 7. The molecule has 2 aromatic rings. The molecule has 2 aliphatic heterocycles. The topological polar surface area (TPSA) is 90.0 Å². The lowest BCUT2D eigenvalue weighted by Crippen LogP contribution is -2.39. The highest BCUT2D eigenvalue weighted by Gasteiger charge is 2.32. The van der Waals surface area contributed by atoms with E-state index in [-0.39, 0.29) is 0 Å². The molecular weight excluding hydrogens is 455 g/mol. The number of carbonyl (C=O) groups is 2. The van der Waals surface area contributed by atoms with Gasteiger partial charge in [0.2, 0.25) is 0 Å². The second-order valence-electron chi connectivity index (χ2n) is 8.09. The number of amides is 1. The van der Waals surface area contributed by atoms with Crippen LogP contribution in [0, 0.1) is 5.92 Å².